The number of nitrogens with zero attached hydrogens (tertiary/aromatic N) is 1. The molecule has 5 heteroatoms. The number of carbonyl (C=O) groups excluding carboxylic acids is 1. The van der Waals surface area contributed by atoms with E-state index in [1.807, 2.05) is 0 Å². The first kappa shape index (κ1) is 15.2. The highest BCUT2D eigenvalue weighted by Gasteiger charge is 2.26. The Morgan fingerprint density at radius 1 is 1.24 bits per heavy atom. The lowest BCUT2D eigenvalue weighted by atomic mass is 9.97. The smallest absolute Gasteiger partial charge is 0.306 e. The average molecular weight is 291 g/mol. The summed E-state index contributed by atoms with van der Waals surface area (Å²) in [6.07, 6.45) is 2.50. The number of carboxylic acid groups (broad SMARTS) is 1. The number of halogens is 1. The van der Waals surface area contributed by atoms with Crippen molar-refractivity contribution in [1.82, 2.24) is 4.90 Å². The molecule has 4 nitrogen and oxygen atoms in total. The van der Waals surface area contributed by atoms with E-state index in [2.05, 4.69) is 0 Å². The van der Waals surface area contributed by atoms with Crippen molar-refractivity contribution >= 4 is 17.4 Å². The third-order valence-corrected chi connectivity index (χ3v) is 3.80. The van der Waals surface area contributed by atoms with E-state index in [0.29, 0.717) is 25.9 Å². The molecule has 1 aromatic carbocycles. The Kier molecular flexibility index (Phi) is 4.73. The van der Waals surface area contributed by atoms with Gasteiger partial charge in [-0.2, -0.15) is 0 Å². The zero-order chi connectivity index (χ0) is 15.4. The molecule has 2 rings (SSSR count). The second-order valence-electron chi connectivity index (χ2n) is 5.27. The van der Waals surface area contributed by atoms with E-state index in [-0.39, 0.29) is 17.6 Å². The van der Waals surface area contributed by atoms with Gasteiger partial charge < -0.3 is 10.0 Å². The summed E-state index contributed by atoms with van der Waals surface area (Å²) in [6.45, 7) is 2.72. The molecule has 1 saturated heterocycles. The van der Waals surface area contributed by atoms with E-state index in [1.165, 1.54) is 18.2 Å². The number of aliphatic carboxylic acids is 1. The number of allylic oxidation sites excluding steroid dienone is 1. The monoisotopic (exact) mass is 291 g/mol. The lowest BCUT2D eigenvalue weighted by Gasteiger charge is -2.29. The molecule has 1 fully saturated rings. The van der Waals surface area contributed by atoms with Crippen LogP contribution >= 0.6 is 0 Å². The molecule has 1 amide bonds. The first-order valence-electron chi connectivity index (χ1n) is 6.93. The van der Waals surface area contributed by atoms with Gasteiger partial charge >= 0.3 is 5.97 Å². The van der Waals surface area contributed by atoms with Gasteiger partial charge in [-0.1, -0.05) is 12.1 Å². The van der Waals surface area contributed by atoms with Crippen molar-refractivity contribution in [2.45, 2.75) is 19.8 Å². The minimum atomic E-state index is -0.792. The molecule has 1 aromatic rings. The van der Waals surface area contributed by atoms with Gasteiger partial charge in [0.2, 0.25) is 5.91 Å². The van der Waals surface area contributed by atoms with Crippen molar-refractivity contribution in [3.8, 4) is 0 Å². The van der Waals surface area contributed by atoms with Crippen LogP contribution in [0.2, 0.25) is 0 Å². The zero-order valence-corrected chi connectivity index (χ0v) is 11.9. The molecule has 0 aromatic heterocycles. The predicted octanol–water partition coefficient (Wildman–Crippen LogP) is 2.55. The van der Waals surface area contributed by atoms with Gasteiger partial charge in [0.15, 0.2) is 0 Å². The molecule has 0 radical (unpaired) electrons. The second-order valence-corrected chi connectivity index (χ2v) is 5.27. The van der Waals surface area contributed by atoms with Crippen LogP contribution in [-0.4, -0.2) is 35.0 Å². The van der Waals surface area contributed by atoms with Crippen LogP contribution in [0.4, 0.5) is 4.39 Å². The van der Waals surface area contributed by atoms with E-state index in [1.54, 1.807) is 24.0 Å². The van der Waals surface area contributed by atoms with Crippen molar-refractivity contribution in [1.29, 1.82) is 0 Å². The number of amides is 1. The van der Waals surface area contributed by atoms with Crippen LogP contribution < -0.4 is 0 Å². The Bertz CT molecular complexity index is 557. The van der Waals surface area contributed by atoms with Crippen LogP contribution in [0, 0.1) is 11.7 Å². The normalized spacial score (nSPS) is 16.9. The molecular formula is C16H18FNO3. The van der Waals surface area contributed by atoms with Crippen molar-refractivity contribution in [2.75, 3.05) is 13.1 Å². The van der Waals surface area contributed by atoms with Gasteiger partial charge in [-0.25, -0.2) is 4.39 Å². The van der Waals surface area contributed by atoms with Gasteiger partial charge in [0, 0.05) is 19.2 Å². The number of piperidine rings is 1. The van der Waals surface area contributed by atoms with Crippen LogP contribution in [0.15, 0.2) is 30.3 Å². The molecule has 0 bridgehead atoms. The van der Waals surface area contributed by atoms with E-state index in [4.69, 9.17) is 5.11 Å². The standard InChI is InChI=1S/C16H18FNO3/c1-11(12-2-4-14(17)5-3-12)10-15(19)18-8-6-13(7-9-18)16(20)21/h2-5,10,13H,6-9H2,1H3,(H,20,21). The van der Waals surface area contributed by atoms with Crippen LogP contribution in [0.1, 0.15) is 25.3 Å². The molecule has 21 heavy (non-hydrogen) atoms. The Labute approximate surface area is 122 Å². The fourth-order valence-corrected chi connectivity index (χ4v) is 2.42. The van der Waals surface area contributed by atoms with Crippen molar-refractivity contribution < 1.29 is 19.1 Å². The minimum absolute atomic E-state index is 0.124. The van der Waals surface area contributed by atoms with Crippen molar-refractivity contribution in [2.24, 2.45) is 5.92 Å². The lowest BCUT2D eigenvalue weighted by molar-refractivity contribution is -0.144. The topological polar surface area (TPSA) is 57.6 Å². The third-order valence-electron chi connectivity index (χ3n) is 3.80. The highest BCUT2D eigenvalue weighted by Crippen LogP contribution is 2.19. The minimum Gasteiger partial charge on any atom is -0.481 e. The number of carboxylic acids is 1. The Hall–Kier alpha value is -2.17. The molecule has 0 atom stereocenters. The summed E-state index contributed by atoms with van der Waals surface area (Å²) >= 11 is 0. The van der Waals surface area contributed by atoms with Gasteiger partial charge in [-0.3, -0.25) is 9.59 Å². The Morgan fingerprint density at radius 2 is 1.81 bits per heavy atom. The molecule has 1 heterocycles. The number of benzene rings is 1. The largest absolute Gasteiger partial charge is 0.481 e. The highest BCUT2D eigenvalue weighted by molar-refractivity contribution is 5.95. The molecule has 0 spiro atoms. The van der Waals surface area contributed by atoms with Gasteiger partial charge in [0.1, 0.15) is 5.82 Å². The summed E-state index contributed by atoms with van der Waals surface area (Å²) in [4.78, 5) is 24.7. The second kappa shape index (κ2) is 6.52. The molecule has 1 N–H and O–H groups in total. The maximum Gasteiger partial charge on any atom is 0.306 e. The van der Waals surface area contributed by atoms with Crippen LogP contribution in [0.25, 0.3) is 5.57 Å². The fourth-order valence-electron chi connectivity index (χ4n) is 2.42. The van der Waals surface area contributed by atoms with Gasteiger partial charge in [-0.05, 0) is 43.0 Å². The van der Waals surface area contributed by atoms with E-state index < -0.39 is 5.97 Å². The molecule has 1 aliphatic rings. The third kappa shape index (κ3) is 3.90. The number of hydrogen-bond donors (Lipinski definition) is 1. The van der Waals surface area contributed by atoms with Gasteiger partial charge in [0.25, 0.3) is 0 Å². The lowest BCUT2D eigenvalue weighted by Crippen LogP contribution is -2.39. The van der Waals surface area contributed by atoms with Gasteiger partial charge in [-0.15, -0.1) is 0 Å². The fraction of sp³-hybridized carbons (Fsp3) is 0.375. The highest BCUT2D eigenvalue weighted by atomic mass is 19.1. The van der Waals surface area contributed by atoms with Crippen molar-refractivity contribution in [3.63, 3.8) is 0 Å². The molecule has 0 saturated carbocycles. The number of rotatable bonds is 3. The molecule has 0 unspecified atom stereocenters. The Morgan fingerprint density at radius 3 is 2.33 bits per heavy atom. The number of likely N-dealkylation sites (tertiary alicyclic amines) is 1. The van der Waals surface area contributed by atoms with E-state index in [0.717, 1.165) is 11.1 Å². The quantitative estimate of drug-likeness (QED) is 0.871. The maximum atomic E-state index is 12.9. The van der Waals surface area contributed by atoms with E-state index in [9.17, 15) is 14.0 Å². The predicted molar refractivity (Wildman–Crippen MR) is 77.0 cm³/mol. The average Bonchev–Trinajstić information content (AvgIpc) is 2.47. The SMILES string of the molecule is CC(=CC(=O)N1CCC(C(=O)O)CC1)c1ccc(F)cc1. The van der Waals surface area contributed by atoms with Crippen LogP contribution in [-0.2, 0) is 9.59 Å². The summed E-state index contributed by atoms with van der Waals surface area (Å²) in [5, 5.41) is 8.93. The maximum absolute atomic E-state index is 12.9. The number of carbonyl (C=O) groups is 2. The molecule has 1 aliphatic heterocycles. The van der Waals surface area contributed by atoms with Crippen molar-refractivity contribution in [3.05, 3.63) is 41.7 Å². The first-order chi connectivity index (χ1) is 9.97. The zero-order valence-electron chi connectivity index (χ0n) is 11.9. The molecule has 112 valence electrons. The number of hydrogen-bond acceptors (Lipinski definition) is 2. The van der Waals surface area contributed by atoms with E-state index >= 15 is 0 Å². The summed E-state index contributed by atoms with van der Waals surface area (Å²) in [5.74, 6) is -1.58. The summed E-state index contributed by atoms with van der Waals surface area (Å²) < 4.78 is 12.9. The summed E-state index contributed by atoms with van der Waals surface area (Å²) in [7, 11) is 0. The first-order valence-corrected chi connectivity index (χ1v) is 6.93. The summed E-state index contributed by atoms with van der Waals surface area (Å²) in [6, 6.07) is 5.97. The molecular weight excluding hydrogens is 273 g/mol. The van der Waals surface area contributed by atoms with Crippen LogP contribution in [0.5, 0.6) is 0 Å². The molecule has 0 aliphatic carbocycles. The van der Waals surface area contributed by atoms with Gasteiger partial charge in [0.05, 0.1) is 5.92 Å². The Balaban J connectivity index is 1.99. The van der Waals surface area contributed by atoms with Crippen LogP contribution in [0.3, 0.4) is 0 Å². The summed E-state index contributed by atoms with van der Waals surface area (Å²) in [5.41, 5.74) is 1.56.